The van der Waals surface area contributed by atoms with Crippen LogP contribution in [0, 0.1) is 11.3 Å². The minimum absolute atomic E-state index is 0.0315. The molecule has 1 aliphatic carbocycles. The first-order valence-electron chi connectivity index (χ1n) is 7.76. The first-order valence-corrected chi connectivity index (χ1v) is 7.76. The number of nitrogens with one attached hydrogen (secondary N) is 2. The van der Waals surface area contributed by atoms with Crippen LogP contribution in [0.2, 0.25) is 0 Å². The van der Waals surface area contributed by atoms with Crippen molar-refractivity contribution in [1.82, 2.24) is 0 Å². The third kappa shape index (κ3) is 2.57. The van der Waals surface area contributed by atoms with E-state index in [1.807, 2.05) is 12.1 Å². The molecule has 3 nitrogen and oxygen atoms in total. The summed E-state index contributed by atoms with van der Waals surface area (Å²) in [7, 11) is 0. The summed E-state index contributed by atoms with van der Waals surface area (Å²) in [5.74, 6) is 0.654. The quantitative estimate of drug-likeness (QED) is 0.812. The van der Waals surface area contributed by atoms with Crippen molar-refractivity contribution in [1.29, 1.82) is 0 Å². The molecule has 1 atom stereocenters. The van der Waals surface area contributed by atoms with Crippen LogP contribution in [0.25, 0.3) is 0 Å². The van der Waals surface area contributed by atoms with E-state index >= 15 is 0 Å². The van der Waals surface area contributed by atoms with E-state index in [0.717, 1.165) is 29.1 Å². The van der Waals surface area contributed by atoms with Gasteiger partial charge in [-0.15, -0.1) is 0 Å². The predicted molar refractivity (Wildman–Crippen MR) is 87.4 cm³/mol. The second-order valence-corrected chi connectivity index (χ2v) is 7.37. The lowest BCUT2D eigenvalue weighted by Crippen LogP contribution is -2.37. The number of ketones is 1. The van der Waals surface area contributed by atoms with Gasteiger partial charge in [-0.05, 0) is 29.9 Å². The van der Waals surface area contributed by atoms with Gasteiger partial charge in [-0.3, -0.25) is 4.79 Å². The van der Waals surface area contributed by atoms with E-state index in [2.05, 4.69) is 50.5 Å². The van der Waals surface area contributed by atoms with Gasteiger partial charge < -0.3 is 10.6 Å². The number of rotatable bonds is 1. The van der Waals surface area contributed by atoms with Gasteiger partial charge in [0.1, 0.15) is 0 Å². The van der Waals surface area contributed by atoms with Crippen molar-refractivity contribution in [3.05, 3.63) is 35.5 Å². The van der Waals surface area contributed by atoms with Gasteiger partial charge in [0.05, 0.1) is 17.4 Å². The molecule has 3 rings (SSSR count). The number of benzene rings is 1. The van der Waals surface area contributed by atoms with Crippen molar-refractivity contribution >= 4 is 17.2 Å². The van der Waals surface area contributed by atoms with Crippen LogP contribution in [-0.4, -0.2) is 11.8 Å². The van der Waals surface area contributed by atoms with E-state index in [1.54, 1.807) is 0 Å². The number of para-hydroxylation sites is 2. The molecule has 0 radical (unpaired) electrons. The number of fused-ring (bicyclic) bond motifs is 1. The number of allylic oxidation sites excluding steroid dienone is 1. The Morgan fingerprint density at radius 1 is 1.14 bits per heavy atom. The Labute approximate surface area is 126 Å². The Morgan fingerprint density at radius 2 is 1.81 bits per heavy atom. The summed E-state index contributed by atoms with van der Waals surface area (Å²) in [6.07, 6.45) is 1.56. The van der Waals surface area contributed by atoms with Gasteiger partial charge in [0.2, 0.25) is 0 Å². The van der Waals surface area contributed by atoms with Gasteiger partial charge in [0.15, 0.2) is 5.78 Å². The average Bonchev–Trinajstić information content (AvgIpc) is 2.53. The fraction of sp³-hybridized carbons (Fsp3) is 0.500. The standard InChI is InChI=1S/C18H24N2O/c1-11(2)17-16-14(9-18(3,4)10-15(16)21)19-12-7-5-6-8-13(12)20-17/h5-8,11,17,19-20H,9-10H2,1-4H3/t17-/m1/s1. The highest BCUT2D eigenvalue weighted by Crippen LogP contribution is 2.42. The second kappa shape index (κ2) is 4.90. The van der Waals surface area contributed by atoms with Gasteiger partial charge >= 0.3 is 0 Å². The van der Waals surface area contributed by atoms with Crippen molar-refractivity contribution in [3.63, 3.8) is 0 Å². The zero-order chi connectivity index (χ0) is 15.2. The first-order chi connectivity index (χ1) is 9.87. The highest BCUT2D eigenvalue weighted by atomic mass is 16.1. The van der Waals surface area contributed by atoms with E-state index in [-0.39, 0.29) is 17.2 Å². The predicted octanol–water partition coefficient (Wildman–Crippen LogP) is 4.19. The first kappa shape index (κ1) is 14.2. The Bertz CT molecular complexity index is 613. The van der Waals surface area contributed by atoms with Gasteiger partial charge in [-0.2, -0.15) is 0 Å². The molecule has 2 N–H and O–H groups in total. The summed E-state index contributed by atoms with van der Waals surface area (Å²) >= 11 is 0. The van der Waals surface area contributed by atoms with Crippen LogP contribution in [-0.2, 0) is 4.79 Å². The Balaban J connectivity index is 2.12. The van der Waals surface area contributed by atoms with Crippen molar-refractivity contribution < 1.29 is 4.79 Å². The van der Waals surface area contributed by atoms with E-state index in [0.29, 0.717) is 12.3 Å². The summed E-state index contributed by atoms with van der Waals surface area (Å²) in [5.41, 5.74) is 4.24. The molecule has 1 aromatic rings. The van der Waals surface area contributed by atoms with Crippen LogP contribution in [0.15, 0.2) is 35.5 Å². The summed E-state index contributed by atoms with van der Waals surface area (Å²) in [5, 5.41) is 7.10. The molecule has 1 aliphatic heterocycles. The average molecular weight is 284 g/mol. The fourth-order valence-corrected chi connectivity index (χ4v) is 3.43. The Morgan fingerprint density at radius 3 is 2.48 bits per heavy atom. The van der Waals surface area contributed by atoms with Crippen molar-refractivity contribution in [2.45, 2.75) is 46.6 Å². The molecule has 0 saturated carbocycles. The zero-order valence-corrected chi connectivity index (χ0v) is 13.3. The highest BCUT2D eigenvalue weighted by molar-refractivity contribution is 6.00. The van der Waals surface area contributed by atoms with Gasteiger partial charge in [0, 0.05) is 17.7 Å². The van der Waals surface area contributed by atoms with Crippen LogP contribution in [0.3, 0.4) is 0 Å². The summed E-state index contributed by atoms with van der Waals surface area (Å²) in [6.45, 7) is 8.68. The maximum Gasteiger partial charge on any atom is 0.163 e. The normalized spacial score (nSPS) is 23.9. The molecule has 0 fully saturated rings. The molecule has 0 aromatic heterocycles. The summed E-state index contributed by atoms with van der Waals surface area (Å²) in [6, 6.07) is 8.29. The van der Waals surface area contributed by atoms with Gasteiger partial charge in [-0.25, -0.2) is 0 Å². The molecule has 21 heavy (non-hydrogen) atoms. The summed E-state index contributed by atoms with van der Waals surface area (Å²) in [4.78, 5) is 12.7. The third-order valence-electron chi connectivity index (χ3n) is 4.42. The molecule has 0 amide bonds. The number of hydrogen-bond acceptors (Lipinski definition) is 3. The van der Waals surface area contributed by atoms with E-state index in [9.17, 15) is 4.79 Å². The van der Waals surface area contributed by atoms with Crippen LogP contribution in [0.1, 0.15) is 40.5 Å². The lowest BCUT2D eigenvalue weighted by molar-refractivity contribution is -0.118. The van der Waals surface area contributed by atoms with E-state index < -0.39 is 0 Å². The molecular formula is C18H24N2O. The SMILES string of the molecule is CC(C)[C@H]1Nc2ccccc2NC2=C1C(=O)CC(C)(C)C2. The number of carbonyl (C=O) groups excluding carboxylic acids is 1. The lowest BCUT2D eigenvalue weighted by atomic mass is 9.73. The van der Waals surface area contributed by atoms with Crippen molar-refractivity contribution in [2.24, 2.45) is 11.3 Å². The van der Waals surface area contributed by atoms with Gasteiger partial charge in [-0.1, -0.05) is 39.8 Å². The maximum absolute atomic E-state index is 12.7. The minimum atomic E-state index is 0.0315. The largest absolute Gasteiger partial charge is 0.376 e. The smallest absolute Gasteiger partial charge is 0.163 e. The van der Waals surface area contributed by atoms with Crippen LogP contribution >= 0.6 is 0 Å². The molecular weight excluding hydrogens is 260 g/mol. The third-order valence-corrected chi connectivity index (χ3v) is 4.42. The number of carbonyl (C=O) groups is 1. The monoisotopic (exact) mass is 284 g/mol. The molecule has 0 saturated heterocycles. The second-order valence-electron chi connectivity index (χ2n) is 7.37. The van der Waals surface area contributed by atoms with Crippen molar-refractivity contribution in [2.75, 3.05) is 10.6 Å². The van der Waals surface area contributed by atoms with Crippen LogP contribution < -0.4 is 10.6 Å². The Kier molecular flexibility index (Phi) is 3.31. The summed E-state index contributed by atoms with van der Waals surface area (Å²) < 4.78 is 0. The highest BCUT2D eigenvalue weighted by Gasteiger charge is 2.38. The zero-order valence-electron chi connectivity index (χ0n) is 13.3. The molecule has 0 spiro atoms. The minimum Gasteiger partial charge on any atom is -0.376 e. The molecule has 3 heteroatoms. The molecule has 1 aromatic carbocycles. The number of Topliss-reactive ketones (excluding diaryl/α,β-unsaturated/α-hetero) is 1. The van der Waals surface area contributed by atoms with E-state index in [1.165, 1.54) is 0 Å². The molecule has 1 heterocycles. The van der Waals surface area contributed by atoms with Crippen molar-refractivity contribution in [3.8, 4) is 0 Å². The fourth-order valence-electron chi connectivity index (χ4n) is 3.43. The van der Waals surface area contributed by atoms with Crippen LogP contribution in [0.5, 0.6) is 0 Å². The molecule has 0 unspecified atom stereocenters. The number of hydrogen-bond donors (Lipinski definition) is 2. The van der Waals surface area contributed by atoms with Crippen LogP contribution in [0.4, 0.5) is 11.4 Å². The Hall–Kier alpha value is -1.77. The topological polar surface area (TPSA) is 41.1 Å². The van der Waals surface area contributed by atoms with E-state index in [4.69, 9.17) is 0 Å². The molecule has 0 bridgehead atoms. The molecule has 2 aliphatic rings. The molecule has 112 valence electrons. The number of anilines is 2. The maximum atomic E-state index is 12.7. The van der Waals surface area contributed by atoms with Gasteiger partial charge in [0.25, 0.3) is 0 Å². The lowest BCUT2D eigenvalue weighted by Gasteiger charge is -2.35.